The molecular formula is C27H39N3. The Kier molecular flexibility index (Phi) is 6.90. The van der Waals surface area contributed by atoms with Crippen molar-refractivity contribution in [3.63, 3.8) is 0 Å². The van der Waals surface area contributed by atoms with Crippen LogP contribution in [0.15, 0.2) is 41.4 Å². The maximum Gasteiger partial charge on any atom is 0.0631 e. The highest BCUT2D eigenvalue weighted by Crippen LogP contribution is 2.44. The Morgan fingerprint density at radius 2 is 1.77 bits per heavy atom. The van der Waals surface area contributed by atoms with Crippen molar-refractivity contribution in [3.05, 3.63) is 53.1 Å². The second-order valence-corrected chi connectivity index (χ2v) is 9.28. The first kappa shape index (κ1) is 22.4. The van der Waals surface area contributed by atoms with Crippen LogP contribution in [0.4, 0.5) is 17.1 Å². The Morgan fingerprint density at radius 3 is 2.37 bits per heavy atom. The lowest BCUT2D eigenvalue weighted by molar-refractivity contribution is 0.376. The predicted octanol–water partition coefficient (Wildman–Crippen LogP) is 7.09. The van der Waals surface area contributed by atoms with Gasteiger partial charge in [0.15, 0.2) is 0 Å². The Labute approximate surface area is 183 Å². The molecule has 0 fully saturated rings. The normalized spacial score (nSPS) is 18.0. The third-order valence-electron chi connectivity index (χ3n) is 6.55. The molecule has 0 aliphatic carbocycles. The van der Waals surface area contributed by atoms with Crippen LogP contribution in [0.3, 0.4) is 0 Å². The van der Waals surface area contributed by atoms with Gasteiger partial charge in [0.1, 0.15) is 0 Å². The van der Waals surface area contributed by atoms with E-state index >= 15 is 0 Å². The molecule has 2 aromatic rings. The van der Waals surface area contributed by atoms with Crippen LogP contribution in [-0.4, -0.2) is 31.4 Å². The van der Waals surface area contributed by atoms with Gasteiger partial charge in [-0.2, -0.15) is 0 Å². The summed E-state index contributed by atoms with van der Waals surface area (Å²) in [6.45, 7) is 19.2. The van der Waals surface area contributed by atoms with Gasteiger partial charge in [-0.25, -0.2) is 0 Å². The van der Waals surface area contributed by atoms with E-state index < -0.39 is 0 Å². The van der Waals surface area contributed by atoms with Gasteiger partial charge in [0, 0.05) is 42.8 Å². The van der Waals surface area contributed by atoms with E-state index in [4.69, 9.17) is 4.99 Å². The third-order valence-corrected chi connectivity index (χ3v) is 6.55. The summed E-state index contributed by atoms with van der Waals surface area (Å²) in [6, 6.07) is 13.3. The van der Waals surface area contributed by atoms with Crippen molar-refractivity contribution in [1.29, 1.82) is 0 Å². The molecule has 162 valence electrons. The van der Waals surface area contributed by atoms with Crippen molar-refractivity contribution < 1.29 is 0 Å². The first-order valence-electron chi connectivity index (χ1n) is 11.6. The van der Waals surface area contributed by atoms with Crippen LogP contribution < -0.4 is 9.80 Å². The molecule has 3 heteroatoms. The average molecular weight is 406 g/mol. The summed E-state index contributed by atoms with van der Waals surface area (Å²) in [5, 5.41) is 0. The van der Waals surface area contributed by atoms with Gasteiger partial charge in [-0.3, -0.25) is 4.99 Å². The minimum atomic E-state index is 0.205. The Bertz CT molecular complexity index is 876. The molecule has 0 N–H and O–H groups in total. The summed E-state index contributed by atoms with van der Waals surface area (Å²) in [5.74, 6) is 0.559. The van der Waals surface area contributed by atoms with Crippen LogP contribution in [0.1, 0.15) is 77.0 Å². The molecule has 0 saturated heterocycles. The van der Waals surface area contributed by atoms with Crippen molar-refractivity contribution in [3.8, 4) is 0 Å². The van der Waals surface area contributed by atoms with Crippen molar-refractivity contribution in [1.82, 2.24) is 0 Å². The standard InChI is InChI=1S/C27H39N3/c1-8-15-30-26-16-20(4)22(17-25(26)21(5)18-27(30,6)7)19-28-23-11-13-24(14-12-23)29(9-2)10-3/h11-14,16-17,19,21H,8-10,15,18H2,1-7H3. The summed E-state index contributed by atoms with van der Waals surface area (Å²) >= 11 is 0. The monoisotopic (exact) mass is 405 g/mol. The first-order valence-corrected chi connectivity index (χ1v) is 11.6. The molecule has 0 spiro atoms. The van der Waals surface area contributed by atoms with Crippen molar-refractivity contribution >= 4 is 23.3 Å². The van der Waals surface area contributed by atoms with Crippen LogP contribution in [-0.2, 0) is 0 Å². The predicted molar refractivity (Wildman–Crippen MR) is 133 cm³/mol. The minimum absolute atomic E-state index is 0.205. The molecule has 1 unspecified atom stereocenters. The SMILES string of the molecule is CCCN1c2cc(C)c(C=Nc3ccc(N(CC)CC)cc3)cc2C(C)CC1(C)C. The minimum Gasteiger partial charge on any atom is -0.372 e. The number of aryl methyl sites for hydroxylation is 1. The molecule has 2 aromatic carbocycles. The molecule has 0 saturated carbocycles. The van der Waals surface area contributed by atoms with E-state index in [1.807, 2.05) is 6.21 Å². The van der Waals surface area contributed by atoms with E-state index in [2.05, 4.69) is 94.7 Å². The Morgan fingerprint density at radius 1 is 1.10 bits per heavy atom. The number of benzene rings is 2. The number of nitrogens with zero attached hydrogens (tertiary/aromatic N) is 3. The highest BCUT2D eigenvalue weighted by Gasteiger charge is 2.36. The molecule has 0 bridgehead atoms. The van der Waals surface area contributed by atoms with E-state index in [1.54, 1.807) is 0 Å². The molecule has 0 amide bonds. The second kappa shape index (κ2) is 9.24. The van der Waals surface area contributed by atoms with Crippen LogP contribution in [0.2, 0.25) is 0 Å². The zero-order chi connectivity index (χ0) is 21.9. The van der Waals surface area contributed by atoms with Gasteiger partial charge in [0.2, 0.25) is 0 Å². The van der Waals surface area contributed by atoms with E-state index in [0.717, 1.165) is 25.3 Å². The number of hydrogen-bond acceptors (Lipinski definition) is 3. The molecular weight excluding hydrogens is 366 g/mol. The van der Waals surface area contributed by atoms with Crippen LogP contribution in [0.5, 0.6) is 0 Å². The summed E-state index contributed by atoms with van der Waals surface area (Å²) in [4.78, 5) is 9.76. The molecule has 1 atom stereocenters. The van der Waals surface area contributed by atoms with Gasteiger partial charge in [0.25, 0.3) is 0 Å². The molecule has 1 aliphatic heterocycles. The first-order chi connectivity index (χ1) is 14.3. The van der Waals surface area contributed by atoms with Crippen LogP contribution >= 0.6 is 0 Å². The summed E-state index contributed by atoms with van der Waals surface area (Å²) < 4.78 is 0. The fourth-order valence-electron chi connectivity index (χ4n) is 4.92. The molecule has 1 aliphatic rings. The van der Waals surface area contributed by atoms with Crippen molar-refractivity contribution in [2.45, 2.75) is 72.8 Å². The lowest BCUT2D eigenvalue weighted by Crippen LogP contribution is -2.48. The molecule has 0 aromatic heterocycles. The van der Waals surface area contributed by atoms with Crippen molar-refractivity contribution in [2.75, 3.05) is 29.4 Å². The molecule has 0 radical (unpaired) electrons. The second-order valence-electron chi connectivity index (χ2n) is 9.28. The van der Waals surface area contributed by atoms with Gasteiger partial charge >= 0.3 is 0 Å². The fourth-order valence-corrected chi connectivity index (χ4v) is 4.92. The number of anilines is 2. The lowest BCUT2D eigenvalue weighted by Gasteiger charge is -2.48. The van der Waals surface area contributed by atoms with Gasteiger partial charge in [0.05, 0.1) is 5.69 Å². The largest absolute Gasteiger partial charge is 0.372 e. The van der Waals surface area contributed by atoms with Gasteiger partial charge in [-0.05, 0) is 106 Å². The zero-order valence-corrected chi connectivity index (χ0v) is 20.0. The summed E-state index contributed by atoms with van der Waals surface area (Å²) in [5.41, 5.74) is 7.87. The van der Waals surface area contributed by atoms with Gasteiger partial charge < -0.3 is 9.80 Å². The lowest BCUT2D eigenvalue weighted by atomic mass is 9.79. The third kappa shape index (κ3) is 4.55. The number of aliphatic imine (C=N–C) groups is 1. The fraction of sp³-hybridized carbons (Fsp3) is 0.519. The molecule has 1 heterocycles. The highest BCUT2D eigenvalue weighted by atomic mass is 15.2. The summed E-state index contributed by atoms with van der Waals surface area (Å²) in [6.07, 6.45) is 4.40. The van der Waals surface area contributed by atoms with E-state index in [9.17, 15) is 0 Å². The number of hydrogen-bond donors (Lipinski definition) is 0. The average Bonchev–Trinajstić information content (AvgIpc) is 2.71. The Hall–Kier alpha value is -2.29. The molecule has 3 nitrogen and oxygen atoms in total. The molecule has 3 rings (SSSR count). The van der Waals surface area contributed by atoms with Gasteiger partial charge in [-0.1, -0.05) is 13.8 Å². The van der Waals surface area contributed by atoms with E-state index in [0.29, 0.717) is 5.92 Å². The van der Waals surface area contributed by atoms with Crippen LogP contribution in [0.25, 0.3) is 0 Å². The van der Waals surface area contributed by atoms with E-state index in [1.165, 1.54) is 40.9 Å². The Balaban J connectivity index is 1.89. The summed E-state index contributed by atoms with van der Waals surface area (Å²) in [7, 11) is 0. The van der Waals surface area contributed by atoms with Gasteiger partial charge in [-0.15, -0.1) is 0 Å². The number of fused-ring (bicyclic) bond motifs is 1. The zero-order valence-electron chi connectivity index (χ0n) is 20.0. The van der Waals surface area contributed by atoms with E-state index in [-0.39, 0.29) is 5.54 Å². The maximum absolute atomic E-state index is 4.79. The molecule has 30 heavy (non-hydrogen) atoms. The maximum atomic E-state index is 4.79. The smallest absolute Gasteiger partial charge is 0.0631 e. The highest BCUT2D eigenvalue weighted by molar-refractivity contribution is 5.86. The van der Waals surface area contributed by atoms with Crippen molar-refractivity contribution in [2.24, 2.45) is 4.99 Å². The topological polar surface area (TPSA) is 18.8 Å². The number of rotatable bonds is 7. The quantitative estimate of drug-likeness (QED) is 0.458. The van der Waals surface area contributed by atoms with Crippen LogP contribution in [0, 0.1) is 6.92 Å².